The third kappa shape index (κ3) is 6.03. The Kier molecular flexibility index (Phi) is 8.32. The topological polar surface area (TPSA) is 124 Å². The van der Waals surface area contributed by atoms with Crippen molar-refractivity contribution in [1.82, 2.24) is 8.61 Å². The fourth-order valence-corrected chi connectivity index (χ4v) is 9.74. The van der Waals surface area contributed by atoms with Gasteiger partial charge in [0, 0.05) is 54.7 Å². The Bertz CT molecular complexity index is 2110. The highest BCUT2D eigenvalue weighted by atomic mass is 32.2. The summed E-state index contributed by atoms with van der Waals surface area (Å²) in [5.41, 5.74) is 1.98. The molecule has 47 heavy (non-hydrogen) atoms. The summed E-state index contributed by atoms with van der Waals surface area (Å²) in [6.45, 7) is 1.99. The molecule has 1 atom stereocenters. The van der Waals surface area contributed by atoms with E-state index in [1.54, 1.807) is 23.1 Å². The molecule has 4 aromatic rings. The molecule has 0 saturated carbocycles. The molecule has 10 nitrogen and oxygen atoms in total. The Balaban J connectivity index is 1.05. The predicted molar refractivity (Wildman–Crippen MR) is 183 cm³/mol. The zero-order valence-corrected chi connectivity index (χ0v) is 27.9. The molecule has 3 aliphatic rings. The highest BCUT2D eigenvalue weighted by Gasteiger charge is 2.35. The fourth-order valence-electron chi connectivity index (χ4n) is 7.30. The Morgan fingerprint density at radius 1 is 0.851 bits per heavy atom. The summed E-state index contributed by atoms with van der Waals surface area (Å²) < 4.78 is 53.9. The smallest absolute Gasteiger partial charge is 0.258 e. The molecule has 2 amide bonds. The van der Waals surface area contributed by atoms with Gasteiger partial charge in [0.25, 0.3) is 5.91 Å². The van der Waals surface area contributed by atoms with Gasteiger partial charge in [-0.15, -0.1) is 0 Å². The molecule has 2 fully saturated rings. The molecule has 0 radical (unpaired) electrons. The van der Waals surface area contributed by atoms with Gasteiger partial charge in [0.1, 0.15) is 0 Å². The van der Waals surface area contributed by atoms with Crippen molar-refractivity contribution in [1.29, 1.82) is 0 Å². The first-order valence-corrected chi connectivity index (χ1v) is 19.4. The predicted octanol–water partition coefficient (Wildman–Crippen LogP) is 5.05. The average molecular weight is 675 g/mol. The van der Waals surface area contributed by atoms with Gasteiger partial charge in [0.15, 0.2) is 0 Å². The van der Waals surface area contributed by atoms with Gasteiger partial charge in [0.2, 0.25) is 26.0 Å². The molecular weight excluding hydrogens is 637 g/mol. The van der Waals surface area contributed by atoms with Crippen LogP contribution in [-0.4, -0.2) is 76.2 Å². The van der Waals surface area contributed by atoms with E-state index in [1.165, 1.54) is 14.9 Å². The third-order valence-electron chi connectivity index (χ3n) is 9.96. The lowest BCUT2D eigenvalue weighted by Crippen LogP contribution is -2.43. The van der Waals surface area contributed by atoms with Crippen LogP contribution in [0.3, 0.4) is 0 Å². The molecule has 246 valence electrons. The number of hydrogen-bond donors (Lipinski definition) is 1. The lowest BCUT2D eigenvalue weighted by molar-refractivity contribution is -0.120. The highest BCUT2D eigenvalue weighted by molar-refractivity contribution is 7.89. The van der Waals surface area contributed by atoms with Gasteiger partial charge in [0.05, 0.1) is 22.8 Å². The molecule has 3 heterocycles. The number of piperidine rings is 2. The van der Waals surface area contributed by atoms with E-state index in [9.17, 15) is 26.4 Å². The molecule has 2 saturated heterocycles. The average Bonchev–Trinajstić information content (AvgIpc) is 3.35. The number of amides is 2. The number of fused-ring (bicyclic) bond motifs is 1. The standard InChI is InChI=1S/C35H38N4O6S2/c1-46(42,43)37-19-15-24(16-20-37)17-21-39-32-14-13-31(29-9-4-10-30(33(29)32)35(39)41)36-34(40)27-8-5-18-38(23-27)47(44,45)28-12-11-25-6-2-3-7-26(25)22-28/h2-4,6-7,9-14,22,24,27H,5,8,15-21,23H2,1H3,(H,36,40). The maximum atomic E-state index is 13.6. The minimum atomic E-state index is -3.78. The monoisotopic (exact) mass is 674 g/mol. The molecule has 4 aromatic carbocycles. The van der Waals surface area contributed by atoms with Crippen molar-refractivity contribution in [2.75, 3.05) is 49.2 Å². The lowest BCUT2D eigenvalue weighted by atomic mass is 9.94. The molecule has 12 heteroatoms. The fraction of sp³-hybridized carbons (Fsp3) is 0.371. The second kappa shape index (κ2) is 12.3. The number of benzene rings is 4. The highest BCUT2D eigenvalue weighted by Crippen LogP contribution is 2.41. The van der Waals surface area contributed by atoms with Crippen LogP contribution >= 0.6 is 0 Å². The largest absolute Gasteiger partial charge is 0.325 e. The van der Waals surface area contributed by atoms with E-state index in [2.05, 4.69) is 5.32 Å². The third-order valence-corrected chi connectivity index (χ3v) is 13.1. The molecule has 0 aliphatic carbocycles. The van der Waals surface area contributed by atoms with Gasteiger partial charge in [-0.05, 0) is 79.1 Å². The van der Waals surface area contributed by atoms with E-state index in [1.807, 2.05) is 54.6 Å². The first-order valence-electron chi connectivity index (χ1n) is 16.1. The first-order chi connectivity index (χ1) is 22.5. The number of carbonyl (C=O) groups is 2. The van der Waals surface area contributed by atoms with Crippen molar-refractivity contribution >= 4 is 64.8 Å². The second-order valence-corrected chi connectivity index (χ2v) is 16.8. The molecular formula is C35H38N4O6S2. The Morgan fingerprint density at radius 3 is 2.38 bits per heavy atom. The summed E-state index contributed by atoms with van der Waals surface area (Å²) in [7, 11) is -6.97. The van der Waals surface area contributed by atoms with Gasteiger partial charge < -0.3 is 10.2 Å². The van der Waals surface area contributed by atoms with Crippen molar-refractivity contribution < 1.29 is 26.4 Å². The number of sulfonamides is 2. The normalized spacial score (nSPS) is 19.9. The van der Waals surface area contributed by atoms with Gasteiger partial charge in [-0.25, -0.2) is 21.1 Å². The number of hydrogen-bond acceptors (Lipinski definition) is 6. The molecule has 1 unspecified atom stereocenters. The van der Waals surface area contributed by atoms with Crippen LogP contribution in [-0.2, 0) is 24.8 Å². The number of carbonyl (C=O) groups excluding carboxylic acids is 2. The zero-order valence-electron chi connectivity index (χ0n) is 26.3. The quantitative estimate of drug-likeness (QED) is 0.279. The molecule has 0 bridgehead atoms. The molecule has 0 spiro atoms. The van der Waals surface area contributed by atoms with Crippen LogP contribution in [0.5, 0.6) is 0 Å². The van der Waals surface area contributed by atoms with Crippen LogP contribution in [0.4, 0.5) is 11.4 Å². The maximum absolute atomic E-state index is 13.6. The molecule has 3 aliphatic heterocycles. The van der Waals surface area contributed by atoms with Crippen molar-refractivity contribution in [2.24, 2.45) is 11.8 Å². The van der Waals surface area contributed by atoms with Crippen LogP contribution in [0.25, 0.3) is 21.5 Å². The Morgan fingerprint density at radius 2 is 1.62 bits per heavy atom. The summed E-state index contributed by atoms with van der Waals surface area (Å²) >= 11 is 0. The summed E-state index contributed by atoms with van der Waals surface area (Å²) in [6, 6.07) is 22.0. The van der Waals surface area contributed by atoms with E-state index in [4.69, 9.17) is 0 Å². The van der Waals surface area contributed by atoms with Crippen LogP contribution in [0.2, 0.25) is 0 Å². The van der Waals surface area contributed by atoms with E-state index in [-0.39, 0.29) is 23.3 Å². The van der Waals surface area contributed by atoms with Gasteiger partial charge in [-0.1, -0.05) is 42.5 Å². The Labute approximate surface area is 275 Å². The SMILES string of the molecule is CS(=O)(=O)N1CCC(CCN2C(=O)c3cccc4c(NC(=O)C5CCCN(S(=O)(=O)c6ccc7ccccc7c6)C5)ccc2c34)CC1. The summed E-state index contributed by atoms with van der Waals surface area (Å²) in [5, 5.41) is 6.43. The molecule has 1 N–H and O–H groups in total. The molecule has 7 rings (SSSR count). The van der Waals surface area contributed by atoms with Crippen molar-refractivity contribution in [3.8, 4) is 0 Å². The van der Waals surface area contributed by atoms with Crippen LogP contribution in [0, 0.1) is 11.8 Å². The summed E-state index contributed by atoms with van der Waals surface area (Å²) in [4.78, 5) is 29.2. The van der Waals surface area contributed by atoms with Crippen molar-refractivity contribution in [3.05, 3.63) is 78.4 Å². The Hall–Kier alpha value is -3.84. The van der Waals surface area contributed by atoms with Crippen LogP contribution in [0.15, 0.2) is 77.7 Å². The van der Waals surface area contributed by atoms with Crippen molar-refractivity contribution in [2.45, 2.75) is 37.0 Å². The second-order valence-electron chi connectivity index (χ2n) is 12.9. The van der Waals surface area contributed by atoms with E-state index in [0.717, 1.165) is 46.5 Å². The van der Waals surface area contributed by atoms with Crippen LogP contribution in [0.1, 0.15) is 42.5 Å². The number of nitrogens with one attached hydrogen (secondary N) is 1. The van der Waals surface area contributed by atoms with E-state index < -0.39 is 26.0 Å². The van der Waals surface area contributed by atoms with E-state index >= 15 is 0 Å². The lowest BCUT2D eigenvalue weighted by Gasteiger charge is -2.31. The number of anilines is 2. The minimum Gasteiger partial charge on any atom is -0.325 e. The molecule has 0 aromatic heterocycles. The maximum Gasteiger partial charge on any atom is 0.258 e. The van der Waals surface area contributed by atoms with Crippen molar-refractivity contribution in [3.63, 3.8) is 0 Å². The van der Waals surface area contributed by atoms with E-state index in [0.29, 0.717) is 56.2 Å². The van der Waals surface area contributed by atoms with Crippen LogP contribution < -0.4 is 10.2 Å². The zero-order chi connectivity index (χ0) is 32.9. The number of nitrogens with zero attached hydrogens (tertiary/aromatic N) is 3. The minimum absolute atomic E-state index is 0.0792. The summed E-state index contributed by atoms with van der Waals surface area (Å²) in [5.74, 6) is -0.511. The summed E-state index contributed by atoms with van der Waals surface area (Å²) in [6.07, 6.45) is 4.71. The van der Waals surface area contributed by atoms with Gasteiger partial charge >= 0.3 is 0 Å². The van der Waals surface area contributed by atoms with Gasteiger partial charge in [-0.2, -0.15) is 4.31 Å². The van der Waals surface area contributed by atoms with Gasteiger partial charge in [-0.3, -0.25) is 9.59 Å². The first kappa shape index (κ1) is 31.7. The number of rotatable bonds is 8.